The number of para-hydroxylation sites is 1. The number of aromatic carboxylic acids is 1. The molecule has 7 nitrogen and oxygen atoms in total. The standard InChI is InChI=1S/C13H12N4O3/c1-2-8-6-14-11(20-8)7-17-12-9(13(18)19)4-3-5-10(12)15-16-17/h3-6H,2,7H2,1H3,(H,18,19). The molecule has 0 saturated heterocycles. The Bertz CT molecular complexity index is 775. The highest BCUT2D eigenvalue weighted by Crippen LogP contribution is 2.18. The van der Waals surface area contributed by atoms with E-state index in [0.717, 1.165) is 12.2 Å². The number of oxazole rings is 1. The third-order valence-electron chi connectivity index (χ3n) is 3.00. The molecule has 2 heterocycles. The largest absolute Gasteiger partial charge is 0.478 e. The molecule has 0 aliphatic carbocycles. The van der Waals surface area contributed by atoms with Gasteiger partial charge in [-0.25, -0.2) is 14.5 Å². The lowest BCUT2D eigenvalue weighted by molar-refractivity contribution is 0.0698. The van der Waals surface area contributed by atoms with E-state index in [0.29, 0.717) is 16.9 Å². The van der Waals surface area contributed by atoms with Crippen molar-refractivity contribution in [3.63, 3.8) is 0 Å². The number of hydrogen-bond acceptors (Lipinski definition) is 5. The van der Waals surface area contributed by atoms with Gasteiger partial charge in [-0.15, -0.1) is 5.10 Å². The summed E-state index contributed by atoms with van der Waals surface area (Å²) in [6.07, 6.45) is 2.41. The van der Waals surface area contributed by atoms with Crippen molar-refractivity contribution < 1.29 is 14.3 Å². The number of aromatic nitrogens is 4. The van der Waals surface area contributed by atoms with Crippen molar-refractivity contribution in [3.05, 3.63) is 41.6 Å². The van der Waals surface area contributed by atoms with Crippen LogP contribution in [0.15, 0.2) is 28.8 Å². The van der Waals surface area contributed by atoms with Crippen LogP contribution in [0, 0.1) is 0 Å². The summed E-state index contributed by atoms with van der Waals surface area (Å²) in [6, 6.07) is 4.89. The van der Waals surface area contributed by atoms with E-state index in [9.17, 15) is 9.90 Å². The van der Waals surface area contributed by atoms with Gasteiger partial charge in [0, 0.05) is 6.42 Å². The van der Waals surface area contributed by atoms with Gasteiger partial charge in [0.15, 0.2) is 0 Å². The van der Waals surface area contributed by atoms with Crippen LogP contribution in [0.25, 0.3) is 11.0 Å². The first-order chi connectivity index (χ1) is 9.69. The van der Waals surface area contributed by atoms with E-state index in [4.69, 9.17) is 4.42 Å². The fourth-order valence-corrected chi connectivity index (χ4v) is 2.03. The van der Waals surface area contributed by atoms with Crippen molar-refractivity contribution in [1.82, 2.24) is 20.0 Å². The van der Waals surface area contributed by atoms with Gasteiger partial charge in [0.05, 0.1) is 11.8 Å². The maximum Gasteiger partial charge on any atom is 0.337 e. The topological polar surface area (TPSA) is 94.0 Å². The molecule has 0 spiro atoms. The molecule has 0 aliphatic heterocycles. The molecule has 0 radical (unpaired) electrons. The molecule has 20 heavy (non-hydrogen) atoms. The Kier molecular flexibility index (Phi) is 2.94. The minimum atomic E-state index is -1.01. The summed E-state index contributed by atoms with van der Waals surface area (Å²) in [5.74, 6) is 0.248. The van der Waals surface area contributed by atoms with Gasteiger partial charge in [-0.1, -0.05) is 18.2 Å². The fraction of sp³-hybridized carbons (Fsp3) is 0.231. The minimum absolute atomic E-state index is 0.162. The molecule has 3 rings (SSSR count). The number of aryl methyl sites for hydroxylation is 1. The predicted octanol–water partition coefficient (Wildman–Crippen LogP) is 1.73. The van der Waals surface area contributed by atoms with Gasteiger partial charge < -0.3 is 9.52 Å². The summed E-state index contributed by atoms with van der Waals surface area (Å²) < 4.78 is 7.00. The highest BCUT2D eigenvalue weighted by Gasteiger charge is 2.16. The Balaban J connectivity index is 2.05. The normalized spacial score (nSPS) is 11.1. The van der Waals surface area contributed by atoms with Crippen LogP contribution in [-0.4, -0.2) is 31.1 Å². The van der Waals surface area contributed by atoms with Gasteiger partial charge in [0.2, 0.25) is 5.89 Å². The van der Waals surface area contributed by atoms with Crippen molar-refractivity contribution in [2.24, 2.45) is 0 Å². The van der Waals surface area contributed by atoms with Gasteiger partial charge in [0.1, 0.15) is 23.3 Å². The Morgan fingerprint density at radius 2 is 2.30 bits per heavy atom. The summed E-state index contributed by atoms with van der Waals surface area (Å²) in [4.78, 5) is 15.4. The van der Waals surface area contributed by atoms with E-state index in [-0.39, 0.29) is 12.1 Å². The Hall–Kier alpha value is -2.70. The van der Waals surface area contributed by atoms with Crippen LogP contribution < -0.4 is 0 Å². The van der Waals surface area contributed by atoms with E-state index in [1.54, 1.807) is 18.3 Å². The van der Waals surface area contributed by atoms with Gasteiger partial charge in [-0.2, -0.15) is 0 Å². The Labute approximate surface area is 113 Å². The second kappa shape index (κ2) is 4.76. The lowest BCUT2D eigenvalue weighted by atomic mass is 10.2. The molecule has 3 aromatic rings. The van der Waals surface area contributed by atoms with E-state index < -0.39 is 5.97 Å². The van der Waals surface area contributed by atoms with E-state index in [1.807, 2.05) is 6.92 Å². The summed E-state index contributed by atoms with van der Waals surface area (Å²) in [5, 5.41) is 17.2. The van der Waals surface area contributed by atoms with Gasteiger partial charge in [-0.3, -0.25) is 0 Å². The molecule has 2 aromatic heterocycles. The van der Waals surface area contributed by atoms with Crippen LogP contribution in [0.1, 0.15) is 28.9 Å². The lowest BCUT2D eigenvalue weighted by Gasteiger charge is -2.01. The van der Waals surface area contributed by atoms with Crippen LogP contribution in [0.2, 0.25) is 0 Å². The maximum absolute atomic E-state index is 11.3. The van der Waals surface area contributed by atoms with Crippen molar-refractivity contribution in [1.29, 1.82) is 0 Å². The second-order valence-corrected chi connectivity index (χ2v) is 4.30. The molecular weight excluding hydrogens is 260 g/mol. The summed E-state index contributed by atoms with van der Waals surface area (Å²) in [5.41, 5.74) is 1.16. The van der Waals surface area contributed by atoms with Crippen molar-refractivity contribution in [2.45, 2.75) is 19.9 Å². The molecule has 0 atom stereocenters. The summed E-state index contributed by atoms with van der Waals surface area (Å²) in [6.45, 7) is 2.22. The smallest absolute Gasteiger partial charge is 0.337 e. The molecule has 0 saturated carbocycles. The number of fused-ring (bicyclic) bond motifs is 1. The molecule has 0 unspecified atom stereocenters. The lowest BCUT2D eigenvalue weighted by Crippen LogP contribution is -2.06. The third kappa shape index (κ3) is 2.03. The number of nitrogens with zero attached hydrogens (tertiary/aromatic N) is 4. The minimum Gasteiger partial charge on any atom is -0.478 e. The number of carboxylic acid groups (broad SMARTS) is 1. The average molecular weight is 272 g/mol. The first kappa shape index (κ1) is 12.3. The zero-order valence-corrected chi connectivity index (χ0v) is 10.8. The highest BCUT2D eigenvalue weighted by atomic mass is 16.4. The monoisotopic (exact) mass is 272 g/mol. The van der Waals surface area contributed by atoms with Crippen molar-refractivity contribution in [2.75, 3.05) is 0 Å². The van der Waals surface area contributed by atoms with E-state index >= 15 is 0 Å². The van der Waals surface area contributed by atoms with Crippen LogP contribution in [-0.2, 0) is 13.0 Å². The quantitative estimate of drug-likeness (QED) is 0.777. The number of rotatable bonds is 4. The average Bonchev–Trinajstić information content (AvgIpc) is 3.06. The van der Waals surface area contributed by atoms with Gasteiger partial charge in [0.25, 0.3) is 0 Å². The summed E-state index contributed by atoms with van der Waals surface area (Å²) in [7, 11) is 0. The van der Waals surface area contributed by atoms with Crippen LogP contribution in [0.5, 0.6) is 0 Å². The third-order valence-corrected chi connectivity index (χ3v) is 3.00. The van der Waals surface area contributed by atoms with Gasteiger partial charge >= 0.3 is 5.97 Å². The molecule has 0 amide bonds. The van der Waals surface area contributed by atoms with Gasteiger partial charge in [-0.05, 0) is 12.1 Å². The fourth-order valence-electron chi connectivity index (χ4n) is 2.03. The zero-order chi connectivity index (χ0) is 14.1. The number of carbonyl (C=O) groups is 1. The highest BCUT2D eigenvalue weighted by molar-refractivity contribution is 6.00. The first-order valence-electron chi connectivity index (χ1n) is 6.18. The maximum atomic E-state index is 11.3. The van der Waals surface area contributed by atoms with Crippen LogP contribution >= 0.6 is 0 Å². The van der Waals surface area contributed by atoms with Crippen LogP contribution in [0.3, 0.4) is 0 Å². The summed E-state index contributed by atoms with van der Waals surface area (Å²) >= 11 is 0. The predicted molar refractivity (Wildman–Crippen MR) is 69.5 cm³/mol. The van der Waals surface area contributed by atoms with E-state index in [2.05, 4.69) is 15.3 Å². The van der Waals surface area contributed by atoms with Crippen LogP contribution in [0.4, 0.5) is 0 Å². The molecule has 0 aliphatic rings. The number of hydrogen-bond donors (Lipinski definition) is 1. The molecular formula is C13H12N4O3. The number of benzene rings is 1. The molecule has 0 fully saturated rings. The molecule has 102 valence electrons. The molecule has 1 N–H and O–H groups in total. The van der Waals surface area contributed by atoms with Crippen molar-refractivity contribution >= 4 is 17.0 Å². The molecule has 1 aromatic carbocycles. The number of carboxylic acids is 1. The zero-order valence-electron chi connectivity index (χ0n) is 10.8. The Morgan fingerprint density at radius 1 is 1.45 bits per heavy atom. The molecule has 0 bridgehead atoms. The van der Waals surface area contributed by atoms with Crippen molar-refractivity contribution in [3.8, 4) is 0 Å². The molecule has 7 heteroatoms. The van der Waals surface area contributed by atoms with E-state index in [1.165, 1.54) is 10.7 Å². The Morgan fingerprint density at radius 3 is 3.00 bits per heavy atom. The SMILES string of the molecule is CCc1cnc(Cn2nnc3cccc(C(=O)O)c32)o1. The first-order valence-corrected chi connectivity index (χ1v) is 6.18. The second-order valence-electron chi connectivity index (χ2n) is 4.30.